The second kappa shape index (κ2) is 12.3. The first kappa shape index (κ1) is 20.7. The minimum Gasteiger partial charge on any atom is -0.462 e. The van der Waals surface area contributed by atoms with Crippen LogP contribution in [0.25, 0.3) is 0 Å². The summed E-state index contributed by atoms with van der Waals surface area (Å²) in [6.07, 6.45) is 2.55. The van der Waals surface area contributed by atoms with Crippen molar-refractivity contribution in [2.75, 3.05) is 19.8 Å². The average Bonchev–Trinajstić information content (AvgIpc) is 2.46. The van der Waals surface area contributed by atoms with Gasteiger partial charge in [-0.25, -0.2) is 4.79 Å². The van der Waals surface area contributed by atoms with Crippen LogP contribution >= 0.6 is 8.25 Å². The van der Waals surface area contributed by atoms with E-state index < -0.39 is 14.2 Å². The van der Waals surface area contributed by atoms with Crippen LogP contribution in [0.3, 0.4) is 0 Å². The average molecular weight is 335 g/mol. The number of carbonyl (C=O) groups excluding carboxylic acids is 2. The fourth-order valence-corrected chi connectivity index (χ4v) is 1.93. The molecular weight excluding hydrogens is 311 g/mol. The molecule has 7 nitrogen and oxygen atoms in total. The molecule has 8 heteroatoms. The molecule has 1 N–H and O–H groups in total. The third-order valence-corrected chi connectivity index (χ3v) is 3.29. The Hall–Kier alpha value is -1.30. The van der Waals surface area contributed by atoms with E-state index in [0.29, 0.717) is 31.3 Å². The van der Waals surface area contributed by atoms with Crippen LogP contribution in [0.2, 0.25) is 0 Å². The van der Waals surface area contributed by atoms with Crippen LogP contribution in [0, 0.1) is 5.92 Å². The number of carbonyl (C=O) groups is 2. The van der Waals surface area contributed by atoms with E-state index in [1.54, 1.807) is 0 Å². The van der Waals surface area contributed by atoms with Crippen LogP contribution in [-0.4, -0.2) is 36.7 Å². The fraction of sp³-hybridized carbons (Fsp3) is 0.714. The predicted octanol–water partition coefficient (Wildman–Crippen LogP) is 2.51. The van der Waals surface area contributed by atoms with E-state index in [9.17, 15) is 14.2 Å². The molecule has 0 aromatic carbocycles. The maximum atomic E-state index is 11.8. The Morgan fingerprint density at radius 3 is 2.36 bits per heavy atom. The number of unbranched alkanes of at least 4 members (excludes halogenated alkanes) is 1. The number of rotatable bonds is 12. The summed E-state index contributed by atoms with van der Waals surface area (Å²) in [7, 11) is -2.56. The van der Waals surface area contributed by atoms with Gasteiger partial charge >= 0.3 is 20.2 Å². The van der Waals surface area contributed by atoms with Crippen molar-refractivity contribution < 1.29 is 33.0 Å². The molecule has 0 fully saturated rings. The zero-order chi connectivity index (χ0) is 17.0. The van der Waals surface area contributed by atoms with Gasteiger partial charge in [0.1, 0.15) is 19.8 Å². The van der Waals surface area contributed by atoms with Gasteiger partial charge < -0.3 is 9.47 Å². The van der Waals surface area contributed by atoms with Crippen molar-refractivity contribution >= 4 is 20.2 Å². The topological polar surface area (TPSA) is 99.1 Å². The van der Waals surface area contributed by atoms with Gasteiger partial charge in [-0.15, -0.1) is 9.42 Å². The lowest BCUT2D eigenvalue weighted by Crippen LogP contribution is -2.20. The zero-order valence-corrected chi connectivity index (χ0v) is 14.0. The molecule has 0 aromatic rings. The smallest absolute Gasteiger partial charge is 0.462 e. The summed E-state index contributed by atoms with van der Waals surface area (Å²) in [5.74, 6) is -1.08. The molecule has 0 heterocycles. The Morgan fingerprint density at radius 1 is 1.18 bits per heavy atom. The van der Waals surface area contributed by atoms with E-state index in [4.69, 9.17) is 14.4 Å². The second-order valence-electron chi connectivity index (χ2n) is 4.76. The lowest BCUT2D eigenvalue weighted by Gasteiger charge is -2.13. The first-order valence-corrected chi connectivity index (χ1v) is 8.29. The molecule has 0 spiro atoms. The molecule has 0 aromatic heterocycles. The van der Waals surface area contributed by atoms with Gasteiger partial charge in [-0.1, -0.05) is 19.9 Å². The summed E-state index contributed by atoms with van der Waals surface area (Å²) in [5, 5.41) is 0. The summed E-state index contributed by atoms with van der Waals surface area (Å²) < 4.78 is 24.7. The van der Waals surface area contributed by atoms with E-state index >= 15 is 0 Å². The van der Waals surface area contributed by atoms with Crippen molar-refractivity contribution in [3.8, 4) is 0 Å². The molecule has 0 amide bonds. The van der Waals surface area contributed by atoms with Crippen LogP contribution in [0.1, 0.15) is 39.5 Å². The van der Waals surface area contributed by atoms with Crippen molar-refractivity contribution in [1.82, 2.24) is 0 Å². The molecule has 2 atom stereocenters. The highest BCUT2D eigenvalue weighted by atomic mass is 31.1. The lowest BCUT2D eigenvalue weighted by molar-refractivity contribution is -0.154. The number of ether oxygens (including phenoxy) is 2. The number of hydrogen-bond donors (Lipinski definition) is 1. The van der Waals surface area contributed by atoms with E-state index in [-0.39, 0.29) is 31.7 Å². The normalized spacial score (nSPS) is 12.4. The number of hydrogen-bond acceptors (Lipinski definition) is 6. The van der Waals surface area contributed by atoms with Gasteiger partial charge in [0.15, 0.2) is 0 Å². The summed E-state index contributed by atoms with van der Waals surface area (Å²) in [5.41, 5.74) is 0.296. The quantitative estimate of drug-likeness (QED) is 0.253. The van der Waals surface area contributed by atoms with Crippen LogP contribution in [0.4, 0.5) is 0 Å². The summed E-state index contributed by atoms with van der Waals surface area (Å²) in [6.45, 7) is 7.08. The zero-order valence-electron chi connectivity index (χ0n) is 13.1. The third-order valence-electron chi connectivity index (χ3n) is 2.88. The summed E-state index contributed by atoms with van der Waals surface area (Å²) >= 11 is 0. The van der Waals surface area contributed by atoms with Gasteiger partial charge in [0.2, 0.25) is 0 Å². The molecule has 0 aliphatic heterocycles. The summed E-state index contributed by atoms with van der Waals surface area (Å²) in [6, 6.07) is 0. The minimum absolute atomic E-state index is 0.00521. The van der Waals surface area contributed by atoms with E-state index in [1.165, 1.54) is 6.92 Å². The van der Waals surface area contributed by atoms with E-state index in [2.05, 4.69) is 11.1 Å². The Balaban J connectivity index is 3.83. The molecule has 0 radical (unpaired) electrons. The van der Waals surface area contributed by atoms with Crippen LogP contribution in [0.5, 0.6) is 0 Å². The van der Waals surface area contributed by atoms with Crippen molar-refractivity contribution in [2.24, 2.45) is 5.92 Å². The van der Waals surface area contributed by atoms with Crippen LogP contribution in [-0.2, 0) is 28.2 Å². The molecule has 0 aliphatic carbocycles. The largest absolute Gasteiger partial charge is 0.694 e. The number of esters is 2. The van der Waals surface area contributed by atoms with Gasteiger partial charge in [0.25, 0.3) is 0 Å². The standard InChI is InChI=1S/C14H23O7P/c1-4-12(7-5-6-8-21-22(17)18)14(16)20-10-9-19-13(15)11(2)3/h12H,2,4-10H2,1,3H3/p+1. The Kier molecular flexibility index (Phi) is 11.5. The van der Waals surface area contributed by atoms with Crippen molar-refractivity contribution in [2.45, 2.75) is 39.5 Å². The highest BCUT2D eigenvalue weighted by Crippen LogP contribution is 2.18. The van der Waals surface area contributed by atoms with Gasteiger partial charge in [0, 0.05) is 10.1 Å². The van der Waals surface area contributed by atoms with E-state index in [0.717, 1.165) is 0 Å². The Bertz CT molecular complexity index is 395. The van der Waals surface area contributed by atoms with Crippen LogP contribution in [0.15, 0.2) is 12.2 Å². The van der Waals surface area contributed by atoms with Crippen molar-refractivity contribution in [3.05, 3.63) is 12.2 Å². The molecular formula is C14H24O7P+. The lowest BCUT2D eigenvalue weighted by atomic mass is 9.99. The second-order valence-corrected chi connectivity index (χ2v) is 5.49. The first-order valence-electron chi connectivity index (χ1n) is 7.16. The predicted molar refractivity (Wildman–Crippen MR) is 80.1 cm³/mol. The monoisotopic (exact) mass is 335 g/mol. The molecule has 0 bridgehead atoms. The minimum atomic E-state index is -2.56. The summed E-state index contributed by atoms with van der Waals surface area (Å²) in [4.78, 5) is 31.4. The Labute approximate surface area is 131 Å². The maximum Gasteiger partial charge on any atom is 0.694 e. The first-order chi connectivity index (χ1) is 10.4. The SMILES string of the molecule is C=C(C)C(=O)OCCOC(=O)C(CC)CCCCO[P+](=O)O. The molecule has 2 unspecified atom stereocenters. The molecule has 0 saturated heterocycles. The third kappa shape index (κ3) is 10.4. The van der Waals surface area contributed by atoms with Gasteiger partial charge in [-0.05, 0) is 26.2 Å². The van der Waals surface area contributed by atoms with Crippen molar-refractivity contribution in [3.63, 3.8) is 0 Å². The molecule has 126 valence electrons. The highest BCUT2D eigenvalue weighted by Gasteiger charge is 2.18. The van der Waals surface area contributed by atoms with Gasteiger partial charge in [0.05, 0.1) is 5.92 Å². The fourth-order valence-electron chi connectivity index (χ4n) is 1.64. The van der Waals surface area contributed by atoms with Gasteiger partial charge in [-0.2, -0.15) is 0 Å². The molecule has 22 heavy (non-hydrogen) atoms. The van der Waals surface area contributed by atoms with Crippen LogP contribution < -0.4 is 0 Å². The van der Waals surface area contributed by atoms with Gasteiger partial charge in [-0.3, -0.25) is 4.79 Å². The highest BCUT2D eigenvalue weighted by molar-refractivity contribution is 7.32. The molecule has 0 aliphatic rings. The van der Waals surface area contributed by atoms with Crippen molar-refractivity contribution in [1.29, 1.82) is 0 Å². The molecule has 0 saturated carbocycles. The Morgan fingerprint density at radius 2 is 1.82 bits per heavy atom. The maximum absolute atomic E-state index is 11.8. The molecule has 0 rings (SSSR count). The van der Waals surface area contributed by atoms with E-state index in [1.807, 2.05) is 6.92 Å².